The fourth-order valence-electron chi connectivity index (χ4n) is 2.58. The molecule has 0 aliphatic heterocycles. The molecular formula is C14H28N2O2. The largest absolute Gasteiger partial charge is 0.396 e. The molecule has 18 heavy (non-hydrogen) atoms. The van der Waals surface area contributed by atoms with Crippen LogP contribution < -0.4 is 10.6 Å². The third-order valence-corrected chi connectivity index (χ3v) is 3.83. The predicted molar refractivity (Wildman–Crippen MR) is 73.3 cm³/mol. The summed E-state index contributed by atoms with van der Waals surface area (Å²) in [4.78, 5) is 11.9. The van der Waals surface area contributed by atoms with Crippen molar-refractivity contribution in [3.8, 4) is 0 Å². The zero-order valence-corrected chi connectivity index (χ0v) is 11.7. The van der Waals surface area contributed by atoms with Crippen LogP contribution in [-0.2, 0) is 4.79 Å². The van der Waals surface area contributed by atoms with Crippen LogP contribution in [0.25, 0.3) is 0 Å². The molecule has 0 heterocycles. The van der Waals surface area contributed by atoms with E-state index in [1.165, 1.54) is 12.8 Å². The highest BCUT2D eigenvalue weighted by Gasteiger charge is 2.27. The van der Waals surface area contributed by atoms with Gasteiger partial charge in [-0.15, -0.1) is 0 Å². The normalized spacial score (nSPS) is 25.7. The quantitative estimate of drug-likeness (QED) is 0.604. The maximum absolute atomic E-state index is 11.9. The molecule has 0 spiro atoms. The SMILES string of the molecule is CCCCNC(=O)C(C)NC1CCCCC1CO. The Bertz CT molecular complexity index is 246. The molecule has 106 valence electrons. The molecule has 1 saturated carbocycles. The van der Waals surface area contributed by atoms with Gasteiger partial charge < -0.3 is 15.7 Å². The standard InChI is InChI=1S/C14H28N2O2/c1-3-4-9-15-14(18)11(2)16-13-8-6-5-7-12(13)10-17/h11-13,16-17H,3-10H2,1-2H3,(H,15,18). The van der Waals surface area contributed by atoms with Crippen LogP contribution >= 0.6 is 0 Å². The first-order valence-electron chi connectivity index (χ1n) is 7.33. The molecule has 3 N–H and O–H groups in total. The Morgan fingerprint density at radius 3 is 2.78 bits per heavy atom. The van der Waals surface area contributed by atoms with Crippen molar-refractivity contribution in [2.45, 2.75) is 64.5 Å². The molecule has 1 aliphatic rings. The molecule has 0 aromatic rings. The molecule has 1 amide bonds. The van der Waals surface area contributed by atoms with Crippen molar-refractivity contribution in [3.05, 3.63) is 0 Å². The molecule has 0 bridgehead atoms. The number of hydrogen-bond donors (Lipinski definition) is 3. The first kappa shape index (κ1) is 15.4. The third kappa shape index (κ3) is 4.94. The number of hydrogen-bond acceptors (Lipinski definition) is 3. The summed E-state index contributed by atoms with van der Waals surface area (Å²) in [5.74, 6) is 0.385. The van der Waals surface area contributed by atoms with Gasteiger partial charge in [0.2, 0.25) is 5.91 Å². The second-order valence-corrected chi connectivity index (χ2v) is 5.37. The summed E-state index contributed by atoms with van der Waals surface area (Å²) < 4.78 is 0. The molecule has 1 fully saturated rings. The van der Waals surface area contributed by atoms with Gasteiger partial charge in [-0.3, -0.25) is 4.79 Å². The van der Waals surface area contributed by atoms with E-state index in [9.17, 15) is 9.90 Å². The van der Waals surface area contributed by atoms with Gasteiger partial charge in [0.25, 0.3) is 0 Å². The summed E-state index contributed by atoms with van der Waals surface area (Å²) in [7, 11) is 0. The van der Waals surface area contributed by atoms with E-state index < -0.39 is 0 Å². The van der Waals surface area contributed by atoms with Crippen LogP contribution in [-0.4, -0.2) is 36.2 Å². The van der Waals surface area contributed by atoms with Gasteiger partial charge in [-0.2, -0.15) is 0 Å². The first-order chi connectivity index (χ1) is 8.69. The minimum absolute atomic E-state index is 0.0747. The second kappa shape index (κ2) is 8.48. The Balaban J connectivity index is 2.32. The van der Waals surface area contributed by atoms with Crippen molar-refractivity contribution in [1.82, 2.24) is 10.6 Å². The molecule has 0 aromatic heterocycles. The van der Waals surface area contributed by atoms with Crippen molar-refractivity contribution in [3.63, 3.8) is 0 Å². The monoisotopic (exact) mass is 256 g/mol. The topological polar surface area (TPSA) is 61.4 Å². The maximum Gasteiger partial charge on any atom is 0.236 e. The number of rotatable bonds is 7. The van der Waals surface area contributed by atoms with Crippen LogP contribution in [0.5, 0.6) is 0 Å². The lowest BCUT2D eigenvalue weighted by Gasteiger charge is -2.33. The van der Waals surface area contributed by atoms with Gasteiger partial charge in [0, 0.05) is 19.2 Å². The summed E-state index contributed by atoms with van der Waals surface area (Å²) in [6, 6.07) is 0.120. The predicted octanol–water partition coefficient (Wildman–Crippen LogP) is 1.43. The summed E-state index contributed by atoms with van der Waals surface area (Å²) in [6.07, 6.45) is 6.65. The van der Waals surface area contributed by atoms with E-state index in [0.29, 0.717) is 5.92 Å². The zero-order chi connectivity index (χ0) is 13.4. The van der Waals surface area contributed by atoms with E-state index in [1.807, 2.05) is 6.92 Å². The number of amides is 1. The smallest absolute Gasteiger partial charge is 0.236 e. The average Bonchev–Trinajstić information content (AvgIpc) is 2.39. The highest BCUT2D eigenvalue weighted by atomic mass is 16.3. The molecule has 0 radical (unpaired) electrons. The minimum Gasteiger partial charge on any atom is -0.396 e. The van der Waals surface area contributed by atoms with Gasteiger partial charge in [-0.05, 0) is 32.1 Å². The van der Waals surface area contributed by atoms with Crippen LogP contribution in [0.2, 0.25) is 0 Å². The Labute approximate surface area is 111 Å². The fraction of sp³-hybridized carbons (Fsp3) is 0.929. The first-order valence-corrected chi connectivity index (χ1v) is 7.33. The third-order valence-electron chi connectivity index (χ3n) is 3.83. The van der Waals surface area contributed by atoms with E-state index in [4.69, 9.17) is 0 Å². The lowest BCUT2D eigenvalue weighted by molar-refractivity contribution is -0.123. The van der Waals surface area contributed by atoms with Crippen LogP contribution in [0.1, 0.15) is 52.4 Å². The van der Waals surface area contributed by atoms with E-state index in [1.54, 1.807) is 0 Å². The van der Waals surface area contributed by atoms with Crippen molar-refractivity contribution in [2.75, 3.05) is 13.2 Å². The van der Waals surface area contributed by atoms with Crippen LogP contribution in [0.4, 0.5) is 0 Å². The van der Waals surface area contributed by atoms with Crippen molar-refractivity contribution >= 4 is 5.91 Å². The van der Waals surface area contributed by atoms with Gasteiger partial charge >= 0.3 is 0 Å². The molecule has 4 heteroatoms. The zero-order valence-electron chi connectivity index (χ0n) is 11.7. The van der Waals surface area contributed by atoms with E-state index in [0.717, 1.165) is 32.2 Å². The lowest BCUT2D eigenvalue weighted by Crippen LogP contribution is -2.50. The van der Waals surface area contributed by atoms with Gasteiger partial charge in [0.15, 0.2) is 0 Å². The maximum atomic E-state index is 11.9. The molecule has 1 rings (SSSR count). The summed E-state index contributed by atoms with van der Waals surface area (Å²) >= 11 is 0. The van der Waals surface area contributed by atoms with E-state index in [-0.39, 0.29) is 24.6 Å². The van der Waals surface area contributed by atoms with E-state index >= 15 is 0 Å². The molecule has 4 nitrogen and oxygen atoms in total. The van der Waals surface area contributed by atoms with Gasteiger partial charge in [-0.1, -0.05) is 26.2 Å². The minimum atomic E-state index is -0.168. The Kier molecular flexibility index (Phi) is 7.28. The van der Waals surface area contributed by atoms with Gasteiger partial charge in [-0.25, -0.2) is 0 Å². The van der Waals surface area contributed by atoms with Crippen molar-refractivity contribution in [2.24, 2.45) is 5.92 Å². The molecule has 0 saturated heterocycles. The van der Waals surface area contributed by atoms with Crippen LogP contribution in [0, 0.1) is 5.92 Å². The molecular weight excluding hydrogens is 228 g/mol. The highest BCUT2D eigenvalue weighted by Crippen LogP contribution is 2.24. The number of carbonyl (C=O) groups is 1. The molecule has 3 atom stereocenters. The molecule has 1 aliphatic carbocycles. The molecule has 0 aromatic carbocycles. The summed E-state index contributed by atoms with van der Waals surface area (Å²) in [5, 5.41) is 15.7. The number of aliphatic hydroxyl groups excluding tert-OH is 1. The van der Waals surface area contributed by atoms with Gasteiger partial charge in [0.1, 0.15) is 0 Å². The summed E-state index contributed by atoms with van der Waals surface area (Å²) in [6.45, 7) is 5.00. The fourth-order valence-corrected chi connectivity index (χ4v) is 2.58. The lowest BCUT2D eigenvalue weighted by atomic mass is 9.84. The van der Waals surface area contributed by atoms with Gasteiger partial charge in [0.05, 0.1) is 6.04 Å². The highest BCUT2D eigenvalue weighted by molar-refractivity contribution is 5.81. The van der Waals surface area contributed by atoms with Crippen molar-refractivity contribution in [1.29, 1.82) is 0 Å². The average molecular weight is 256 g/mol. The summed E-state index contributed by atoms with van der Waals surface area (Å²) in [5.41, 5.74) is 0. The van der Waals surface area contributed by atoms with Crippen LogP contribution in [0.15, 0.2) is 0 Å². The second-order valence-electron chi connectivity index (χ2n) is 5.37. The number of unbranched alkanes of at least 4 members (excludes halogenated alkanes) is 1. The number of aliphatic hydroxyl groups is 1. The van der Waals surface area contributed by atoms with E-state index in [2.05, 4.69) is 17.6 Å². The number of nitrogens with one attached hydrogen (secondary N) is 2. The van der Waals surface area contributed by atoms with Crippen molar-refractivity contribution < 1.29 is 9.90 Å². The van der Waals surface area contributed by atoms with Crippen LogP contribution in [0.3, 0.4) is 0 Å². The Morgan fingerprint density at radius 2 is 2.11 bits per heavy atom. The molecule has 3 unspecified atom stereocenters. The Hall–Kier alpha value is -0.610. The number of carbonyl (C=O) groups excluding carboxylic acids is 1. The Morgan fingerprint density at radius 1 is 1.39 bits per heavy atom.